The van der Waals surface area contributed by atoms with Gasteiger partial charge in [-0.05, 0) is 75.1 Å². The van der Waals surface area contributed by atoms with E-state index in [1.54, 1.807) is 24.3 Å². The zero-order valence-corrected chi connectivity index (χ0v) is 18.0. The molecule has 0 aromatic heterocycles. The molecule has 4 nitrogen and oxygen atoms in total. The first-order chi connectivity index (χ1) is 13.8. The van der Waals surface area contributed by atoms with Crippen molar-refractivity contribution in [2.45, 2.75) is 42.8 Å². The maximum absolute atomic E-state index is 13.0. The summed E-state index contributed by atoms with van der Waals surface area (Å²) in [5, 5.41) is 8.96. The van der Waals surface area contributed by atoms with Gasteiger partial charge in [-0.2, -0.15) is 5.26 Å². The topological polar surface area (TPSA) is 61.2 Å². The lowest BCUT2D eigenvalue weighted by Crippen LogP contribution is -2.35. The Balaban J connectivity index is 1.57. The Hall–Kier alpha value is -2.42. The molecule has 3 rings (SSSR count). The minimum atomic E-state index is -3.36. The molecule has 0 bridgehead atoms. The van der Waals surface area contributed by atoms with Crippen LogP contribution in [0.2, 0.25) is 0 Å². The molecule has 0 N–H and O–H groups in total. The number of hydrogen-bond acceptors (Lipinski definition) is 4. The average molecular weight is 409 g/mol. The van der Waals surface area contributed by atoms with E-state index >= 15 is 0 Å². The lowest BCUT2D eigenvalue weighted by Gasteiger charge is -2.30. The fourth-order valence-electron chi connectivity index (χ4n) is 3.75. The molecule has 0 saturated heterocycles. The summed E-state index contributed by atoms with van der Waals surface area (Å²) in [5.41, 5.74) is 3.10. The summed E-state index contributed by atoms with van der Waals surface area (Å²) < 4.78 is 25.2. The molecule has 0 radical (unpaired) electrons. The van der Waals surface area contributed by atoms with Gasteiger partial charge in [-0.15, -0.1) is 0 Å². The van der Waals surface area contributed by atoms with Crippen molar-refractivity contribution in [2.75, 3.05) is 19.6 Å². The normalized spacial score (nSPS) is 15.6. The summed E-state index contributed by atoms with van der Waals surface area (Å²) in [6, 6.07) is 18.6. The van der Waals surface area contributed by atoms with Crippen molar-refractivity contribution in [1.29, 1.82) is 5.26 Å². The highest BCUT2D eigenvalue weighted by Gasteiger charge is 2.35. The first-order valence-electron chi connectivity index (χ1n) is 10.0. The molecule has 2 aromatic rings. The number of hydrogen-bond donors (Lipinski definition) is 0. The molecule has 152 valence electrons. The third-order valence-electron chi connectivity index (χ3n) is 5.65. The quantitative estimate of drug-likeness (QED) is 0.667. The Labute approximate surface area is 174 Å². The molecular formula is C24H28N2O2S. The van der Waals surface area contributed by atoms with Crippen molar-refractivity contribution in [2.24, 2.45) is 0 Å². The molecule has 1 aliphatic heterocycles. The Morgan fingerprint density at radius 3 is 2.41 bits per heavy atom. The van der Waals surface area contributed by atoms with E-state index in [9.17, 15) is 8.42 Å². The van der Waals surface area contributed by atoms with Crippen molar-refractivity contribution in [1.82, 2.24) is 4.90 Å². The van der Waals surface area contributed by atoms with Gasteiger partial charge in [0.2, 0.25) is 0 Å². The smallest absolute Gasteiger partial charge is 0.183 e. The molecule has 2 aromatic carbocycles. The predicted octanol–water partition coefficient (Wildman–Crippen LogP) is 4.68. The summed E-state index contributed by atoms with van der Waals surface area (Å²) in [4.78, 5) is 2.78. The van der Waals surface area contributed by atoms with E-state index in [0.29, 0.717) is 16.9 Å². The zero-order valence-electron chi connectivity index (χ0n) is 17.1. The molecule has 29 heavy (non-hydrogen) atoms. The monoisotopic (exact) mass is 408 g/mol. The SMILES string of the molecule is CC(C)(CCCN1CCC=C(c2ccc(C#N)cc2)C1)S(=O)(=O)c1ccccc1. The summed E-state index contributed by atoms with van der Waals surface area (Å²) in [7, 11) is -3.36. The molecule has 0 spiro atoms. The van der Waals surface area contributed by atoms with E-state index in [1.807, 2.05) is 44.2 Å². The number of sulfone groups is 1. The van der Waals surface area contributed by atoms with E-state index in [2.05, 4.69) is 17.0 Å². The highest BCUT2D eigenvalue weighted by Crippen LogP contribution is 2.30. The highest BCUT2D eigenvalue weighted by molar-refractivity contribution is 7.92. The Morgan fingerprint density at radius 1 is 1.07 bits per heavy atom. The molecule has 0 aliphatic carbocycles. The van der Waals surface area contributed by atoms with Crippen LogP contribution in [0.25, 0.3) is 5.57 Å². The Kier molecular flexibility index (Phi) is 6.56. The van der Waals surface area contributed by atoms with Crippen molar-refractivity contribution in [3.05, 3.63) is 71.8 Å². The molecule has 0 unspecified atom stereocenters. The minimum absolute atomic E-state index is 0.397. The average Bonchev–Trinajstić information content (AvgIpc) is 2.74. The van der Waals surface area contributed by atoms with Gasteiger partial charge in [0.1, 0.15) is 0 Å². The van der Waals surface area contributed by atoms with Crippen LogP contribution < -0.4 is 0 Å². The molecule has 5 heteroatoms. The highest BCUT2D eigenvalue weighted by atomic mass is 32.2. The van der Waals surface area contributed by atoms with Crippen LogP contribution in [0.3, 0.4) is 0 Å². The van der Waals surface area contributed by atoms with Crippen LogP contribution in [-0.4, -0.2) is 37.7 Å². The van der Waals surface area contributed by atoms with E-state index in [-0.39, 0.29) is 0 Å². The van der Waals surface area contributed by atoms with E-state index in [1.165, 1.54) is 5.57 Å². The zero-order chi connectivity index (χ0) is 20.9. The van der Waals surface area contributed by atoms with Crippen LogP contribution in [0.4, 0.5) is 0 Å². The number of nitrogens with zero attached hydrogens (tertiary/aromatic N) is 2. The van der Waals surface area contributed by atoms with Gasteiger partial charge in [0.05, 0.1) is 21.3 Å². The van der Waals surface area contributed by atoms with Crippen molar-refractivity contribution in [3.63, 3.8) is 0 Å². The van der Waals surface area contributed by atoms with Gasteiger partial charge >= 0.3 is 0 Å². The number of rotatable bonds is 7. The third-order valence-corrected chi connectivity index (χ3v) is 8.20. The maximum Gasteiger partial charge on any atom is 0.183 e. The van der Waals surface area contributed by atoms with Crippen LogP contribution in [0.5, 0.6) is 0 Å². The second-order valence-electron chi connectivity index (χ2n) is 8.16. The fourth-order valence-corrected chi connectivity index (χ4v) is 5.31. The van der Waals surface area contributed by atoms with Gasteiger partial charge in [0.25, 0.3) is 0 Å². The molecule has 1 aliphatic rings. The van der Waals surface area contributed by atoms with Gasteiger partial charge in [-0.25, -0.2) is 8.42 Å². The van der Waals surface area contributed by atoms with E-state index in [0.717, 1.165) is 38.0 Å². The Morgan fingerprint density at radius 2 is 1.76 bits per heavy atom. The molecule has 0 atom stereocenters. The second-order valence-corrected chi connectivity index (χ2v) is 10.7. The first kappa shape index (κ1) is 21.3. The summed E-state index contributed by atoms with van der Waals surface area (Å²) >= 11 is 0. The van der Waals surface area contributed by atoms with Crippen LogP contribution in [0.15, 0.2) is 65.6 Å². The first-order valence-corrected chi connectivity index (χ1v) is 11.5. The molecule has 0 fully saturated rings. The largest absolute Gasteiger partial charge is 0.299 e. The van der Waals surface area contributed by atoms with E-state index in [4.69, 9.17) is 5.26 Å². The molecular weight excluding hydrogens is 380 g/mol. The predicted molar refractivity (Wildman–Crippen MR) is 117 cm³/mol. The summed E-state index contributed by atoms with van der Waals surface area (Å²) in [5.74, 6) is 0. The van der Waals surface area contributed by atoms with Gasteiger partial charge in [-0.1, -0.05) is 36.4 Å². The van der Waals surface area contributed by atoms with Crippen LogP contribution >= 0.6 is 0 Å². The number of nitriles is 1. The molecule has 1 heterocycles. The lowest BCUT2D eigenvalue weighted by atomic mass is 9.99. The lowest BCUT2D eigenvalue weighted by molar-refractivity contribution is 0.292. The van der Waals surface area contributed by atoms with E-state index < -0.39 is 14.6 Å². The minimum Gasteiger partial charge on any atom is -0.299 e. The number of benzene rings is 2. The van der Waals surface area contributed by atoms with Crippen molar-refractivity contribution >= 4 is 15.4 Å². The van der Waals surface area contributed by atoms with Gasteiger partial charge in [0.15, 0.2) is 9.84 Å². The summed E-state index contributed by atoms with van der Waals surface area (Å²) in [6.07, 6.45) is 4.71. The van der Waals surface area contributed by atoms with Gasteiger partial charge in [-0.3, -0.25) is 4.90 Å². The Bertz CT molecular complexity index is 1000. The molecule has 0 saturated carbocycles. The molecule has 0 amide bonds. The summed E-state index contributed by atoms with van der Waals surface area (Å²) in [6.45, 7) is 6.38. The van der Waals surface area contributed by atoms with Crippen molar-refractivity contribution < 1.29 is 8.42 Å². The maximum atomic E-state index is 13.0. The van der Waals surface area contributed by atoms with Crippen LogP contribution in [0, 0.1) is 11.3 Å². The van der Waals surface area contributed by atoms with Crippen LogP contribution in [-0.2, 0) is 9.84 Å². The third kappa shape index (κ3) is 4.95. The standard InChI is InChI=1S/C24H28N2O2S/c1-24(2,29(27,28)23-9-4-3-5-10-23)15-7-17-26-16-6-8-22(19-26)21-13-11-20(18-25)12-14-21/h3-5,8-14H,6-7,15-17,19H2,1-2H3. The second kappa shape index (κ2) is 8.94. The van der Waals surface area contributed by atoms with Gasteiger partial charge < -0.3 is 0 Å². The van der Waals surface area contributed by atoms with Crippen LogP contribution in [0.1, 0.15) is 44.2 Å². The van der Waals surface area contributed by atoms with Gasteiger partial charge in [0, 0.05) is 13.1 Å². The van der Waals surface area contributed by atoms with Crippen molar-refractivity contribution in [3.8, 4) is 6.07 Å². The fraction of sp³-hybridized carbons (Fsp3) is 0.375.